The van der Waals surface area contributed by atoms with Crippen LogP contribution in [0, 0.1) is 0 Å². The van der Waals surface area contributed by atoms with Crippen molar-refractivity contribution < 1.29 is 27.1 Å². The SMILES string of the molecule is COc1cccc(Cn2cc(NC(=O)C(C)n3nc(C(F)F)cc3C(F)F)cn2)c1. The standard InChI is InChI=1S/C19H19F4N5O2/c1-11(28-16(18(22)23)7-15(26-28)17(20)21)19(29)25-13-8-24-27(10-13)9-12-4-3-5-14(6-12)30-2/h3-8,10-11,17-18H,9H2,1-2H3,(H,25,29). The fraction of sp³-hybridized carbons (Fsp3) is 0.316. The van der Waals surface area contributed by atoms with Gasteiger partial charge in [0.15, 0.2) is 0 Å². The average molecular weight is 425 g/mol. The zero-order valence-electron chi connectivity index (χ0n) is 16.1. The van der Waals surface area contributed by atoms with Crippen LogP contribution in [0.1, 0.15) is 42.8 Å². The lowest BCUT2D eigenvalue weighted by Crippen LogP contribution is -2.25. The number of nitrogens with one attached hydrogen (secondary N) is 1. The Hall–Kier alpha value is -3.37. The maximum Gasteiger partial charge on any atom is 0.282 e. The molecular formula is C19H19F4N5O2. The van der Waals surface area contributed by atoms with E-state index < -0.39 is 36.2 Å². The van der Waals surface area contributed by atoms with E-state index in [1.165, 1.54) is 13.1 Å². The van der Waals surface area contributed by atoms with Gasteiger partial charge in [0.25, 0.3) is 12.9 Å². The van der Waals surface area contributed by atoms with Gasteiger partial charge in [-0.25, -0.2) is 17.6 Å². The van der Waals surface area contributed by atoms with E-state index in [1.807, 2.05) is 24.3 Å². The van der Waals surface area contributed by atoms with E-state index in [9.17, 15) is 22.4 Å². The quantitative estimate of drug-likeness (QED) is 0.549. The normalized spacial score (nSPS) is 12.4. The van der Waals surface area contributed by atoms with Gasteiger partial charge in [0.1, 0.15) is 23.2 Å². The number of ether oxygens (including phenoxy) is 1. The second kappa shape index (κ2) is 8.97. The summed E-state index contributed by atoms with van der Waals surface area (Å²) in [5.41, 5.74) is -0.311. The van der Waals surface area contributed by atoms with Crippen molar-refractivity contribution in [3.05, 3.63) is 59.7 Å². The first kappa shape index (κ1) is 21.3. The minimum atomic E-state index is -3.05. The van der Waals surface area contributed by atoms with Crippen LogP contribution in [-0.2, 0) is 11.3 Å². The van der Waals surface area contributed by atoms with Crippen LogP contribution in [-0.4, -0.2) is 32.6 Å². The highest BCUT2D eigenvalue weighted by Gasteiger charge is 2.27. The number of hydrogen-bond donors (Lipinski definition) is 1. The van der Waals surface area contributed by atoms with Gasteiger partial charge in [-0.2, -0.15) is 10.2 Å². The molecule has 3 rings (SSSR count). The minimum Gasteiger partial charge on any atom is -0.497 e. The molecule has 3 aromatic rings. The smallest absolute Gasteiger partial charge is 0.282 e. The van der Waals surface area contributed by atoms with E-state index >= 15 is 0 Å². The minimum absolute atomic E-state index is 0.328. The first-order valence-corrected chi connectivity index (χ1v) is 8.90. The third kappa shape index (κ3) is 4.78. The highest BCUT2D eigenvalue weighted by Crippen LogP contribution is 2.27. The molecule has 2 heterocycles. The molecule has 0 saturated carbocycles. The van der Waals surface area contributed by atoms with Gasteiger partial charge in [0.2, 0.25) is 5.91 Å². The molecule has 7 nitrogen and oxygen atoms in total. The zero-order chi connectivity index (χ0) is 21.8. The van der Waals surface area contributed by atoms with Crippen LogP contribution < -0.4 is 10.1 Å². The van der Waals surface area contributed by atoms with Crippen LogP contribution in [0.15, 0.2) is 42.7 Å². The maximum atomic E-state index is 13.2. The molecule has 0 saturated heterocycles. The first-order valence-electron chi connectivity index (χ1n) is 8.90. The van der Waals surface area contributed by atoms with Crippen molar-refractivity contribution in [2.24, 2.45) is 0 Å². The summed E-state index contributed by atoms with van der Waals surface area (Å²) in [6.07, 6.45) is -3.11. The lowest BCUT2D eigenvalue weighted by molar-refractivity contribution is -0.119. The summed E-state index contributed by atoms with van der Waals surface area (Å²) in [5, 5.41) is 10.1. The van der Waals surface area contributed by atoms with E-state index in [1.54, 1.807) is 18.0 Å². The Kier molecular flexibility index (Phi) is 6.38. The van der Waals surface area contributed by atoms with Gasteiger partial charge >= 0.3 is 0 Å². The number of alkyl halides is 4. The number of benzene rings is 1. The number of hydrogen-bond acceptors (Lipinski definition) is 4. The summed E-state index contributed by atoms with van der Waals surface area (Å²) in [6.45, 7) is 1.71. The summed E-state index contributed by atoms with van der Waals surface area (Å²) in [7, 11) is 1.56. The van der Waals surface area contributed by atoms with Crippen molar-refractivity contribution >= 4 is 11.6 Å². The predicted molar refractivity (Wildman–Crippen MR) is 99.8 cm³/mol. The number of carbonyl (C=O) groups excluding carboxylic acids is 1. The summed E-state index contributed by atoms with van der Waals surface area (Å²) < 4.78 is 59.3. The van der Waals surface area contributed by atoms with E-state index in [0.717, 1.165) is 5.56 Å². The number of anilines is 1. The molecule has 1 N–H and O–H groups in total. The fourth-order valence-electron chi connectivity index (χ4n) is 2.84. The van der Waals surface area contributed by atoms with Crippen LogP contribution in [0.2, 0.25) is 0 Å². The number of halogens is 4. The molecule has 30 heavy (non-hydrogen) atoms. The number of aromatic nitrogens is 4. The summed E-state index contributed by atoms with van der Waals surface area (Å²) >= 11 is 0. The highest BCUT2D eigenvalue weighted by atomic mass is 19.3. The van der Waals surface area contributed by atoms with E-state index in [2.05, 4.69) is 15.5 Å². The first-order chi connectivity index (χ1) is 14.3. The molecule has 1 aromatic carbocycles. The molecule has 0 radical (unpaired) electrons. The Morgan fingerprint density at radius 1 is 1.20 bits per heavy atom. The molecule has 0 fully saturated rings. The van der Waals surface area contributed by atoms with Crippen molar-refractivity contribution in [2.45, 2.75) is 32.4 Å². The molecule has 0 aliphatic heterocycles. The predicted octanol–water partition coefficient (Wildman–Crippen LogP) is 4.21. The van der Waals surface area contributed by atoms with Crippen molar-refractivity contribution in [3.63, 3.8) is 0 Å². The second-order valence-corrected chi connectivity index (χ2v) is 6.48. The Morgan fingerprint density at radius 3 is 2.63 bits per heavy atom. The monoisotopic (exact) mass is 425 g/mol. The Labute approximate surface area is 169 Å². The van der Waals surface area contributed by atoms with Crippen LogP contribution in [0.4, 0.5) is 23.2 Å². The summed E-state index contributed by atoms with van der Waals surface area (Å²) in [6, 6.07) is 6.73. The summed E-state index contributed by atoms with van der Waals surface area (Å²) in [5.74, 6) is 0.000905. The largest absolute Gasteiger partial charge is 0.497 e. The zero-order valence-corrected chi connectivity index (χ0v) is 16.1. The number of methoxy groups -OCH3 is 1. The van der Waals surface area contributed by atoms with Crippen molar-refractivity contribution in [3.8, 4) is 5.75 Å². The molecule has 1 amide bonds. The average Bonchev–Trinajstić information content (AvgIpc) is 3.35. The molecule has 0 bridgehead atoms. The Balaban J connectivity index is 1.70. The molecule has 160 valence electrons. The summed E-state index contributed by atoms with van der Waals surface area (Å²) in [4.78, 5) is 12.5. The Morgan fingerprint density at radius 2 is 1.97 bits per heavy atom. The topological polar surface area (TPSA) is 74.0 Å². The second-order valence-electron chi connectivity index (χ2n) is 6.48. The molecule has 11 heteroatoms. The fourth-order valence-corrected chi connectivity index (χ4v) is 2.84. The number of amides is 1. The van der Waals surface area contributed by atoms with E-state index in [0.29, 0.717) is 28.7 Å². The molecule has 0 aliphatic carbocycles. The van der Waals surface area contributed by atoms with E-state index in [-0.39, 0.29) is 0 Å². The number of nitrogens with zero attached hydrogens (tertiary/aromatic N) is 4. The van der Waals surface area contributed by atoms with Gasteiger partial charge in [-0.15, -0.1) is 0 Å². The molecule has 2 aromatic heterocycles. The molecular weight excluding hydrogens is 406 g/mol. The Bertz CT molecular complexity index is 1020. The van der Waals surface area contributed by atoms with Crippen LogP contribution in [0.5, 0.6) is 5.75 Å². The molecule has 1 atom stereocenters. The highest BCUT2D eigenvalue weighted by molar-refractivity contribution is 5.93. The van der Waals surface area contributed by atoms with Gasteiger partial charge in [-0.05, 0) is 30.7 Å². The molecule has 1 unspecified atom stereocenters. The lowest BCUT2D eigenvalue weighted by Gasteiger charge is -2.14. The van der Waals surface area contributed by atoms with Crippen LogP contribution in [0.3, 0.4) is 0 Å². The molecule has 0 spiro atoms. The van der Waals surface area contributed by atoms with Crippen molar-refractivity contribution in [2.75, 3.05) is 12.4 Å². The number of carbonyl (C=O) groups is 1. The van der Waals surface area contributed by atoms with Crippen molar-refractivity contribution in [1.82, 2.24) is 19.6 Å². The van der Waals surface area contributed by atoms with Gasteiger partial charge in [0, 0.05) is 6.20 Å². The van der Waals surface area contributed by atoms with Crippen LogP contribution >= 0.6 is 0 Å². The van der Waals surface area contributed by atoms with Gasteiger partial charge in [0.05, 0.1) is 25.5 Å². The maximum absolute atomic E-state index is 13.2. The van der Waals surface area contributed by atoms with E-state index in [4.69, 9.17) is 4.74 Å². The third-order valence-corrected chi connectivity index (χ3v) is 4.36. The lowest BCUT2D eigenvalue weighted by atomic mass is 10.2. The van der Waals surface area contributed by atoms with Crippen LogP contribution in [0.25, 0.3) is 0 Å². The van der Waals surface area contributed by atoms with Gasteiger partial charge in [-0.3, -0.25) is 14.2 Å². The number of rotatable bonds is 8. The van der Waals surface area contributed by atoms with Gasteiger partial charge < -0.3 is 10.1 Å². The molecule has 0 aliphatic rings. The van der Waals surface area contributed by atoms with Gasteiger partial charge in [-0.1, -0.05) is 12.1 Å². The van der Waals surface area contributed by atoms with Crippen molar-refractivity contribution in [1.29, 1.82) is 0 Å². The third-order valence-electron chi connectivity index (χ3n) is 4.36.